The Balaban J connectivity index is 0.797. The van der Waals surface area contributed by atoms with Crippen LogP contribution in [0.4, 0.5) is 9.59 Å². The molecule has 0 aliphatic carbocycles. The molecule has 0 fully saturated rings. The fourth-order valence-electron chi connectivity index (χ4n) is 7.83. The molecule has 72 heavy (non-hydrogen) atoms. The molecular weight excluding hydrogens is 1050 g/mol. The molecule has 1 aliphatic heterocycles. The average Bonchev–Trinajstić information content (AvgIpc) is 3.34. The van der Waals surface area contributed by atoms with Crippen LogP contribution in [0.15, 0.2) is 82.6 Å². The van der Waals surface area contributed by atoms with Crippen molar-refractivity contribution < 1.29 is 45.4 Å². The number of ether oxygens (including phenoxy) is 4. The molecule has 2 unspecified atom stereocenters. The molecule has 0 saturated carbocycles. The molecule has 0 aromatic heterocycles. The zero-order valence-corrected chi connectivity index (χ0v) is 45.3. The Morgan fingerprint density at radius 2 is 1.11 bits per heavy atom. The van der Waals surface area contributed by atoms with Gasteiger partial charge in [-0.3, -0.25) is 0 Å². The Morgan fingerprint density at radius 3 is 1.68 bits per heavy atom. The lowest BCUT2D eigenvalue weighted by atomic mass is 9.85. The normalized spacial score (nSPS) is 14.4. The molecule has 0 radical (unpaired) electrons. The Bertz CT molecular complexity index is 2640. The number of unbranched alkanes of at least 4 members (excludes halogenated alkanes) is 1. The zero-order valence-electron chi connectivity index (χ0n) is 40.7. The van der Waals surface area contributed by atoms with Crippen molar-refractivity contribution in [3.05, 3.63) is 126 Å². The summed E-state index contributed by atoms with van der Waals surface area (Å²) in [6.07, 6.45) is 1.31. The van der Waals surface area contributed by atoms with Gasteiger partial charge in [-0.1, -0.05) is 77.6 Å². The number of likely N-dealkylation sites (N-methyl/N-ethyl adjacent to an activating group) is 1. The predicted octanol–water partition coefficient (Wildman–Crippen LogP) is 7.04. The minimum Gasteiger partial charge on any atom is -0.378 e. The van der Waals surface area contributed by atoms with E-state index in [0.29, 0.717) is 59.1 Å². The first-order valence-electron chi connectivity index (χ1n) is 23.6. The summed E-state index contributed by atoms with van der Waals surface area (Å²) < 4.78 is 79.4. The first kappa shape index (κ1) is 59.1. The highest BCUT2D eigenvalue weighted by atomic mass is 35.5. The standard InChI is InChI=1S/C49H65Cl4N7O10S2/c1-34(42-28-38(50)30-46(52)35(42)2)36-8-6-10-40(26-36)71(63,64)58-16-20-69-24-22-67-18-14-56-48(61)54-12-4-5-13-55-49(62)57-15-19-68-23-25-70-21-17-59-72(65,66)41-11-7-9-37(27-41)44-32-60(3)33-45-43(44)29-39(51)31-47(45)53/h6-11,26-31,34,44,58-59H,4-5,12-25,32-33H2,1-3H3,(H2,54,56,61)(H2,55,57,62). The average molecular weight is 1120 g/mol. The first-order chi connectivity index (χ1) is 34.4. The maximum atomic E-state index is 13.1. The van der Waals surface area contributed by atoms with Crippen LogP contribution in [0, 0.1) is 6.92 Å². The summed E-state index contributed by atoms with van der Waals surface area (Å²) >= 11 is 25.4. The number of carbonyl (C=O) groups excluding carboxylic acids is 2. The van der Waals surface area contributed by atoms with Crippen LogP contribution in [0.25, 0.3) is 0 Å². The van der Waals surface area contributed by atoms with Crippen molar-refractivity contribution in [3.63, 3.8) is 0 Å². The van der Waals surface area contributed by atoms with Crippen LogP contribution in [-0.2, 0) is 45.5 Å². The van der Waals surface area contributed by atoms with E-state index in [4.69, 9.17) is 65.4 Å². The van der Waals surface area contributed by atoms with E-state index in [0.717, 1.165) is 33.4 Å². The number of halogens is 4. The number of benzene rings is 4. The summed E-state index contributed by atoms with van der Waals surface area (Å²) in [7, 11) is -5.57. The third-order valence-corrected chi connectivity index (χ3v) is 15.7. The highest BCUT2D eigenvalue weighted by molar-refractivity contribution is 7.89. The van der Waals surface area contributed by atoms with Crippen molar-refractivity contribution in [3.8, 4) is 0 Å². The molecule has 6 N–H and O–H groups in total. The van der Waals surface area contributed by atoms with Gasteiger partial charge >= 0.3 is 12.1 Å². The molecule has 2 atom stereocenters. The number of carbonyl (C=O) groups is 2. The van der Waals surface area contributed by atoms with Crippen molar-refractivity contribution in [2.75, 3.05) is 106 Å². The van der Waals surface area contributed by atoms with E-state index in [1.54, 1.807) is 42.5 Å². The predicted molar refractivity (Wildman–Crippen MR) is 282 cm³/mol. The second-order valence-electron chi connectivity index (χ2n) is 17.0. The van der Waals surface area contributed by atoms with E-state index in [-0.39, 0.29) is 113 Å². The van der Waals surface area contributed by atoms with Crippen LogP contribution in [0.1, 0.15) is 65.0 Å². The van der Waals surface area contributed by atoms with Gasteiger partial charge in [-0.05, 0) is 109 Å². The van der Waals surface area contributed by atoms with Gasteiger partial charge in [0, 0.05) is 84.3 Å². The van der Waals surface area contributed by atoms with Crippen molar-refractivity contribution in [1.82, 2.24) is 35.6 Å². The molecule has 4 aromatic rings. The van der Waals surface area contributed by atoms with Gasteiger partial charge in [0.05, 0.1) is 62.6 Å². The van der Waals surface area contributed by atoms with Gasteiger partial charge in [-0.25, -0.2) is 35.9 Å². The number of nitrogens with one attached hydrogen (secondary N) is 6. The van der Waals surface area contributed by atoms with Gasteiger partial charge in [0.15, 0.2) is 0 Å². The first-order valence-corrected chi connectivity index (χ1v) is 28.1. The number of amides is 4. The summed E-state index contributed by atoms with van der Waals surface area (Å²) in [6, 6.07) is 20.1. The van der Waals surface area contributed by atoms with Crippen LogP contribution in [0.3, 0.4) is 0 Å². The number of nitrogens with zero attached hydrogens (tertiary/aromatic N) is 1. The monoisotopic (exact) mass is 1120 g/mol. The van der Waals surface area contributed by atoms with Gasteiger partial charge in [0.1, 0.15) is 0 Å². The van der Waals surface area contributed by atoms with E-state index in [2.05, 4.69) is 35.6 Å². The van der Waals surface area contributed by atoms with E-state index in [1.165, 1.54) is 6.07 Å². The van der Waals surface area contributed by atoms with Crippen LogP contribution >= 0.6 is 46.4 Å². The maximum absolute atomic E-state index is 13.1. The third-order valence-electron chi connectivity index (χ3n) is 11.6. The molecule has 1 heterocycles. The second kappa shape index (κ2) is 29.9. The topological polar surface area (TPSA) is 215 Å². The quantitative estimate of drug-likeness (QED) is 0.0292. The van der Waals surface area contributed by atoms with Crippen molar-refractivity contribution in [2.24, 2.45) is 0 Å². The molecule has 5 rings (SSSR count). The molecule has 4 amide bonds. The zero-order chi connectivity index (χ0) is 52.1. The van der Waals surface area contributed by atoms with Gasteiger partial charge in [0.25, 0.3) is 0 Å². The van der Waals surface area contributed by atoms with Gasteiger partial charge < -0.3 is 45.1 Å². The second-order valence-corrected chi connectivity index (χ2v) is 22.2. The third kappa shape index (κ3) is 19.2. The maximum Gasteiger partial charge on any atom is 0.314 e. The van der Waals surface area contributed by atoms with Gasteiger partial charge in [-0.2, -0.15) is 0 Å². The van der Waals surface area contributed by atoms with Crippen LogP contribution in [0.5, 0.6) is 0 Å². The molecule has 0 spiro atoms. The Hall–Kier alpha value is -3.80. The number of rotatable bonds is 30. The van der Waals surface area contributed by atoms with Crippen LogP contribution < -0.4 is 30.7 Å². The van der Waals surface area contributed by atoms with E-state index < -0.39 is 20.0 Å². The molecule has 396 valence electrons. The molecule has 0 bridgehead atoms. The van der Waals surface area contributed by atoms with Crippen molar-refractivity contribution in [1.29, 1.82) is 0 Å². The van der Waals surface area contributed by atoms with Crippen molar-refractivity contribution >= 4 is 78.5 Å². The van der Waals surface area contributed by atoms with Gasteiger partial charge in [0.2, 0.25) is 20.0 Å². The van der Waals surface area contributed by atoms with E-state index >= 15 is 0 Å². The molecule has 0 saturated heterocycles. The highest BCUT2D eigenvalue weighted by Gasteiger charge is 2.28. The van der Waals surface area contributed by atoms with Crippen molar-refractivity contribution in [2.45, 2.75) is 54.9 Å². The lowest BCUT2D eigenvalue weighted by Crippen LogP contribution is -2.39. The Morgan fingerprint density at radius 1 is 0.625 bits per heavy atom. The SMILES string of the molecule is Cc1c(Cl)cc(Cl)cc1C(C)c1cccc(S(=O)(=O)NCCOCCOCCNC(=O)NCCCCNC(=O)NCCOCCOCCNS(=O)(=O)c2cccc(C3CN(C)Cc4c(Cl)cc(Cl)cc43)c2)c1. The molecule has 23 heteroatoms. The smallest absolute Gasteiger partial charge is 0.314 e. The summed E-state index contributed by atoms with van der Waals surface area (Å²) in [6.45, 7) is 8.69. The highest BCUT2D eigenvalue weighted by Crippen LogP contribution is 2.39. The summed E-state index contributed by atoms with van der Waals surface area (Å²) in [4.78, 5) is 26.6. The fourth-order valence-corrected chi connectivity index (χ4v) is 11.0. The summed E-state index contributed by atoms with van der Waals surface area (Å²) in [5.41, 5.74) is 5.45. The molecular formula is C49H65Cl4N7O10S2. The summed E-state index contributed by atoms with van der Waals surface area (Å²) in [5.74, 6) is -0.230. The molecule has 17 nitrogen and oxygen atoms in total. The number of urea groups is 2. The lowest BCUT2D eigenvalue weighted by Gasteiger charge is -2.33. The largest absolute Gasteiger partial charge is 0.378 e. The fraction of sp³-hybridized carbons (Fsp3) is 0.469. The number of hydrogen-bond acceptors (Lipinski definition) is 11. The summed E-state index contributed by atoms with van der Waals surface area (Å²) in [5, 5.41) is 13.1. The van der Waals surface area contributed by atoms with Crippen LogP contribution in [-0.4, -0.2) is 140 Å². The lowest BCUT2D eigenvalue weighted by molar-refractivity contribution is 0.0516. The number of fused-ring (bicyclic) bond motifs is 1. The van der Waals surface area contributed by atoms with Crippen LogP contribution in [0.2, 0.25) is 20.1 Å². The Kier molecular flexibility index (Phi) is 24.6. The molecule has 1 aliphatic rings. The Labute approximate surface area is 443 Å². The van der Waals surface area contributed by atoms with Gasteiger partial charge in [-0.15, -0.1) is 0 Å². The number of sulfonamides is 2. The minimum atomic E-state index is -3.79. The number of hydrogen-bond donors (Lipinski definition) is 6. The van der Waals surface area contributed by atoms with E-state index in [1.807, 2.05) is 45.2 Å². The van der Waals surface area contributed by atoms with E-state index in [9.17, 15) is 26.4 Å². The minimum absolute atomic E-state index is 0.0770. The molecule has 4 aromatic carbocycles.